The van der Waals surface area contributed by atoms with Crippen LogP contribution in [0.2, 0.25) is 10.0 Å². The fourth-order valence-electron chi connectivity index (χ4n) is 2.36. The summed E-state index contributed by atoms with van der Waals surface area (Å²) in [6.45, 7) is 1.73. The third-order valence-electron chi connectivity index (χ3n) is 3.78. The molecule has 0 radical (unpaired) electrons. The highest BCUT2D eigenvalue weighted by Crippen LogP contribution is 2.21. The molecule has 2 amide bonds. The molecule has 0 fully saturated rings. The number of hydrogen-bond donors (Lipinski definition) is 2. The molecule has 3 rings (SSSR count). The average Bonchev–Trinajstić information content (AvgIpc) is 3.21. The summed E-state index contributed by atoms with van der Waals surface area (Å²) in [4.78, 5) is 24.3. The van der Waals surface area contributed by atoms with E-state index in [9.17, 15) is 9.59 Å². The van der Waals surface area contributed by atoms with Gasteiger partial charge in [0.1, 0.15) is 0 Å². The second-order valence-corrected chi connectivity index (χ2v) is 6.62. The number of benzene rings is 2. The minimum Gasteiger partial charge on any atom is -0.459 e. The number of furan rings is 1. The van der Waals surface area contributed by atoms with Gasteiger partial charge in [-0.3, -0.25) is 9.59 Å². The smallest absolute Gasteiger partial charge is 0.291 e. The van der Waals surface area contributed by atoms with Gasteiger partial charge in [-0.2, -0.15) is 5.10 Å². The van der Waals surface area contributed by atoms with Crippen molar-refractivity contribution in [3.63, 3.8) is 0 Å². The SMILES string of the molecule is CC(=NNC(=O)c1ccc(Cl)cc1Cl)c1cccc(NC(=O)c2ccco2)c1. The van der Waals surface area contributed by atoms with Gasteiger partial charge >= 0.3 is 0 Å². The molecule has 0 aliphatic rings. The van der Waals surface area contributed by atoms with E-state index < -0.39 is 5.91 Å². The molecule has 0 unspecified atom stereocenters. The maximum atomic E-state index is 12.2. The van der Waals surface area contributed by atoms with E-state index in [-0.39, 0.29) is 22.3 Å². The molecule has 6 nitrogen and oxygen atoms in total. The summed E-state index contributed by atoms with van der Waals surface area (Å²) in [5.74, 6) is -0.603. The van der Waals surface area contributed by atoms with Crippen molar-refractivity contribution in [1.29, 1.82) is 0 Å². The lowest BCUT2D eigenvalue weighted by molar-refractivity contribution is 0.0953. The van der Waals surface area contributed by atoms with Crippen LogP contribution in [0.1, 0.15) is 33.4 Å². The Kier molecular flexibility index (Phi) is 6.13. The zero-order valence-electron chi connectivity index (χ0n) is 14.7. The van der Waals surface area contributed by atoms with Crippen molar-refractivity contribution in [2.75, 3.05) is 5.32 Å². The predicted molar refractivity (Wildman–Crippen MR) is 109 cm³/mol. The summed E-state index contributed by atoms with van der Waals surface area (Å²) >= 11 is 11.9. The first kappa shape index (κ1) is 19.7. The molecule has 0 spiro atoms. The lowest BCUT2D eigenvalue weighted by Gasteiger charge is -2.07. The van der Waals surface area contributed by atoms with Crippen LogP contribution in [0.25, 0.3) is 0 Å². The number of rotatable bonds is 5. The zero-order valence-corrected chi connectivity index (χ0v) is 16.2. The Labute approximate surface area is 171 Å². The number of hydrogen-bond acceptors (Lipinski definition) is 4. The Balaban J connectivity index is 1.70. The molecular formula is C20H15Cl2N3O3. The van der Waals surface area contributed by atoms with Crippen molar-refractivity contribution in [1.82, 2.24) is 5.43 Å². The first-order valence-corrected chi connectivity index (χ1v) is 8.94. The molecule has 0 saturated carbocycles. The van der Waals surface area contributed by atoms with Crippen LogP contribution in [0.3, 0.4) is 0 Å². The fraction of sp³-hybridized carbons (Fsp3) is 0.0500. The van der Waals surface area contributed by atoms with E-state index in [0.29, 0.717) is 16.4 Å². The first-order chi connectivity index (χ1) is 13.4. The molecule has 2 aromatic carbocycles. The number of carbonyl (C=O) groups is 2. The second kappa shape index (κ2) is 8.73. The number of nitrogens with one attached hydrogen (secondary N) is 2. The summed E-state index contributed by atoms with van der Waals surface area (Å²) in [5, 5.41) is 7.51. The molecule has 3 aromatic rings. The van der Waals surface area contributed by atoms with Gasteiger partial charge in [0.2, 0.25) is 0 Å². The van der Waals surface area contributed by atoms with Gasteiger partial charge in [0.15, 0.2) is 5.76 Å². The summed E-state index contributed by atoms with van der Waals surface area (Å²) < 4.78 is 5.07. The van der Waals surface area contributed by atoms with Crippen LogP contribution in [-0.4, -0.2) is 17.5 Å². The van der Waals surface area contributed by atoms with Gasteiger partial charge < -0.3 is 9.73 Å². The lowest BCUT2D eigenvalue weighted by Crippen LogP contribution is -2.19. The third kappa shape index (κ3) is 4.79. The largest absolute Gasteiger partial charge is 0.459 e. The molecule has 1 heterocycles. The highest BCUT2D eigenvalue weighted by Gasteiger charge is 2.11. The summed E-state index contributed by atoms with van der Waals surface area (Å²) in [5.41, 5.74) is 4.57. The molecule has 142 valence electrons. The van der Waals surface area contributed by atoms with Crippen molar-refractivity contribution in [2.24, 2.45) is 5.10 Å². The number of amides is 2. The van der Waals surface area contributed by atoms with Gasteiger partial charge in [-0.05, 0) is 55.0 Å². The van der Waals surface area contributed by atoms with Crippen molar-refractivity contribution in [3.05, 3.63) is 87.8 Å². The minimum atomic E-state index is -0.455. The van der Waals surface area contributed by atoms with E-state index in [0.717, 1.165) is 5.56 Å². The number of nitrogens with zero attached hydrogens (tertiary/aromatic N) is 1. The average molecular weight is 416 g/mol. The van der Waals surface area contributed by atoms with Crippen molar-refractivity contribution < 1.29 is 14.0 Å². The Morgan fingerprint density at radius 1 is 1.00 bits per heavy atom. The summed E-state index contributed by atoms with van der Waals surface area (Å²) in [6.07, 6.45) is 1.43. The van der Waals surface area contributed by atoms with Crippen LogP contribution in [-0.2, 0) is 0 Å². The highest BCUT2D eigenvalue weighted by molar-refractivity contribution is 6.36. The van der Waals surface area contributed by atoms with Crippen LogP contribution in [0.4, 0.5) is 5.69 Å². The Morgan fingerprint density at radius 2 is 1.82 bits per heavy atom. The second-order valence-electron chi connectivity index (χ2n) is 5.77. The maximum absolute atomic E-state index is 12.2. The molecule has 0 aliphatic carbocycles. The molecule has 0 bridgehead atoms. The van der Waals surface area contributed by atoms with E-state index in [1.165, 1.54) is 18.4 Å². The summed E-state index contributed by atoms with van der Waals surface area (Å²) in [7, 11) is 0. The molecule has 2 N–H and O–H groups in total. The van der Waals surface area contributed by atoms with Crippen LogP contribution in [0, 0.1) is 0 Å². The molecule has 28 heavy (non-hydrogen) atoms. The van der Waals surface area contributed by atoms with E-state index in [1.54, 1.807) is 43.3 Å². The van der Waals surface area contributed by atoms with E-state index >= 15 is 0 Å². The van der Waals surface area contributed by atoms with E-state index in [2.05, 4.69) is 15.8 Å². The summed E-state index contributed by atoms with van der Waals surface area (Å²) in [6, 6.07) is 14.8. The molecular weight excluding hydrogens is 401 g/mol. The van der Waals surface area contributed by atoms with Gasteiger partial charge in [-0.15, -0.1) is 0 Å². The Morgan fingerprint density at radius 3 is 2.54 bits per heavy atom. The zero-order chi connectivity index (χ0) is 20.1. The maximum Gasteiger partial charge on any atom is 0.291 e. The fourth-order valence-corrected chi connectivity index (χ4v) is 2.85. The van der Waals surface area contributed by atoms with E-state index in [1.807, 2.05) is 6.07 Å². The van der Waals surface area contributed by atoms with Crippen molar-refractivity contribution in [2.45, 2.75) is 6.92 Å². The van der Waals surface area contributed by atoms with Gasteiger partial charge in [0.25, 0.3) is 11.8 Å². The quantitative estimate of drug-likeness (QED) is 0.454. The molecule has 1 aromatic heterocycles. The minimum absolute atomic E-state index is 0.211. The molecule has 0 atom stereocenters. The standard InChI is InChI=1S/C20H15Cl2N3O3/c1-12(24-25-19(26)16-8-7-14(21)11-17(16)22)13-4-2-5-15(10-13)23-20(27)18-6-3-9-28-18/h2-11H,1H3,(H,23,27)(H,25,26). The van der Waals surface area contributed by atoms with Gasteiger partial charge in [-0.25, -0.2) is 5.43 Å². The molecule has 8 heteroatoms. The molecule has 0 saturated heterocycles. The van der Waals surface area contributed by atoms with Gasteiger partial charge in [-0.1, -0.05) is 35.3 Å². The third-order valence-corrected chi connectivity index (χ3v) is 4.33. The Bertz CT molecular complexity index is 1050. The number of halogens is 2. The Hall–Kier alpha value is -3.09. The first-order valence-electron chi connectivity index (χ1n) is 8.19. The lowest BCUT2D eigenvalue weighted by atomic mass is 10.1. The van der Waals surface area contributed by atoms with Crippen LogP contribution >= 0.6 is 23.2 Å². The highest BCUT2D eigenvalue weighted by atomic mass is 35.5. The number of carbonyl (C=O) groups excluding carboxylic acids is 2. The van der Waals surface area contributed by atoms with Crippen LogP contribution in [0.15, 0.2) is 70.4 Å². The van der Waals surface area contributed by atoms with Gasteiger partial charge in [0, 0.05) is 10.7 Å². The van der Waals surface area contributed by atoms with E-state index in [4.69, 9.17) is 27.6 Å². The molecule has 0 aliphatic heterocycles. The normalized spacial score (nSPS) is 11.2. The number of hydrazone groups is 1. The van der Waals surface area contributed by atoms with Crippen LogP contribution in [0.5, 0.6) is 0 Å². The number of anilines is 1. The monoisotopic (exact) mass is 415 g/mol. The van der Waals surface area contributed by atoms with Crippen LogP contribution < -0.4 is 10.7 Å². The van der Waals surface area contributed by atoms with Gasteiger partial charge in [0.05, 0.1) is 22.6 Å². The van der Waals surface area contributed by atoms with Crippen molar-refractivity contribution in [3.8, 4) is 0 Å². The topological polar surface area (TPSA) is 83.7 Å². The predicted octanol–water partition coefficient (Wildman–Crippen LogP) is 4.99. The van der Waals surface area contributed by atoms with Crippen molar-refractivity contribution >= 4 is 46.4 Å².